The van der Waals surface area contributed by atoms with Gasteiger partial charge in [0, 0.05) is 37.8 Å². The predicted octanol–water partition coefficient (Wildman–Crippen LogP) is 4.42. The minimum absolute atomic E-state index is 0.201. The number of morpholine rings is 1. The molecule has 1 unspecified atom stereocenters. The lowest BCUT2D eigenvalue weighted by atomic mass is 9.87. The third kappa shape index (κ3) is 3.47. The van der Waals surface area contributed by atoms with Gasteiger partial charge in [-0.05, 0) is 56.7 Å². The van der Waals surface area contributed by atoms with Crippen molar-refractivity contribution in [2.24, 2.45) is 0 Å². The zero-order valence-electron chi connectivity index (χ0n) is 19.0. The molecule has 168 valence electrons. The van der Waals surface area contributed by atoms with E-state index in [1.165, 1.54) is 36.8 Å². The maximum Gasteiger partial charge on any atom is 0.107 e. The number of nitrogens with zero attached hydrogens (tertiary/aromatic N) is 3. The van der Waals surface area contributed by atoms with Gasteiger partial charge in [0.15, 0.2) is 0 Å². The largest absolute Gasteiger partial charge is 0.368 e. The Morgan fingerprint density at radius 1 is 1.00 bits per heavy atom. The molecule has 2 aromatic carbocycles. The fourth-order valence-corrected chi connectivity index (χ4v) is 6.65. The van der Waals surface area contributed by atoms with Crippen LogP contribution in [0.1, 0.15) is 49.5 Å². The summed E-state index contributed by atoms with van der Waals surface area (Å²) in [5, 5.41) is 3.59. The zero-order valence-corrected chi connectivity index (χ0v) is 19.0. The topological polar surface area (TPSA) is 42.3 Å². The molecule has 0 aliphatic carbocycles. The molecular formula is C27H34N4O. The second-order valence-electron chi connectivity index (χ2n) is 9.90. The van der Waals surface area contributed by atoms with Gasteiger partial charge in [-0.25, -0.2) is 4.98 Å². The quantitative estimate of drug-likeness (QED) is 0.651. The SMILES string of the molecule is Cc1nc2ccccc2n1[C@H]1C[C@H]2CC[C@@H](C1)N2CCC1(c2ccccc2)CNCCO1. The number of aromatic nitrogens is 2. The van der Waals surface area contributed by atoms with Gasteiger partial charge < -0.3 is 14.6 Å². The van der Waals surface area contributed by atoms with E-state index in [1.54, 1.807) is 0 Å². The molecule has 4 heterocycles. The number of hydrogen-bond donors (Lipinski definition) is 1. The number of piperidine rings is 1. The van der Waals surface area contributed by atoms with Gasteiger partial charge in [-0.1, -0.05) is 42.5 Å². The van der Waals surface area contributed by atoms with E-state index >= 15 is 0 Å². The van der Waals surface area contributed by atoms with Crippen LogP contribution in [0.25, 0.3) is 11.0 Å². The second-order valence-corrected chi connectivity index (χ2v) is 9.90. The van der Waals surface area contributed by atoms with Gasteiger partial charge in [0.1, 0.15) is 11.4 Å². The van der Waals surface area contributed by atoms with Gasteiger partial charge in [0.05, 0.1) is 17.6 Å². The Labute approximate surface area is 190 Å². The standard InChI is InChI=1S/C27H34N4O/c1-20-29-25-9-5-6-10-26(25)31(20)24-17-22-11-12-23(18-24)30(22)15-13-27(19-28-14-16-32-27)21-7-3-2-4-8-21/h2-10,22-24,28H,11-19H2,1H3/t22-,23+,24+,27?. The fourth-order valence-electron chi connectivity index (χ4n) is 6.65. The van der Waals surface area contributed by atoms with Gasteiger partial charge in [-0.15, -0.1) is 0 Å². The van der Waals surface area contributed by atoms with Crippen LogP contribution in [0.4, 0.5) is 0 Å². The van der Waals surface area contributed by atoms with Crippen LogP contribution in [0.15, 0.2) is 54.6 Å². The van der Waals surface area contributed by atoms with E-state index in [2.05, 4.69) is 76.3 Å². The average molecular weight is 431 g/mol. The van der Waals surface area contributed by atoms with E-state index in [4.69, 9.17) is 9.72 Å². The Morgan fingerprint density at radius 3 is 2.50 bits per heavy atom. The van der Waals surface area contributed by atoms with Crippen molar-refractivity contribution < 1.29 is 4.74 Å². The minimum atomic E-state index is -0.201. The number of fused-ring (bicyclic) bond motifs is 3. The maximum atomic E-state index is 6.48. The molecule has 4 atom stereocenters. The van der Waals surface area contributed by atoms with E-state index < -0.39 is 0 Å². The Balaban J connectivity index is 1.20. The normalized spacial score (nSPS) is 30.7. The second kappa shape index (κ2) is 8.29. The Hall–Kier alpha value is -2.21. The minimum Gasteiger partial charge on any atom is -0.368 e. The van der Waals surface area contributed by atoms with Crippen molar-refractivity contribution in [3.8, 4) is 0 Å². The highest BCUT2D eigenvalue weighted by molar-refractivity contribution is 5.76. The molecule has 0 spiro atoms. The first kappa shape index (κ1) is 20.4. The highest BCUT2D eigenvalue weighted by atomic mass is 16.5. The summed E-state index contributed by atoms with van der Waals surface area (Å²) >= 11 is 0. The molecule has 32 heavy (non-hydrogen) atoms. The molecule has 6 rings (SSSR count). The summed E-state index contributed by atoms with van der Waals surface area (Å²) in [6, 6.07) is 21.4. The van der Waals surface area contributed by atoms with E-state index in [1.807, 2.05) is 0 Å². The molecule has 3 fully saturated rings. The molecule has 2 bridgehead atoms. The van der Waals surface area contributed by atoms with Gasteiger partial charge in [0.2, 0.25) is 0 Å². The van der Waals surface area contributed by atoms with Crippen molar-refractivity contribution in [3.63, 3.8) is 0 Å². The van der Waals surface area contributed by atoms with E-state index in [-0.39, 0.29) is 5.60 Å². The number of benzene rings is 2. The van der Waals surface area contributed by atoms with Crippen LogP contribution in [0, 0.1) is 6.92 Å². The molecule has 0 radical (unpaired) electrons. The van der Waals surface area contributed by atoms with Crippen LogP contribution in [0.5, 0.6) is 0 Å². The fraction of sp³-hybridized carbons (Fsp3) is 0.519. The highest BCUT2D eigenvalue weighted by Crippen LogP contribution is 2.43. The number of rotatable bonds is 5. The van der Waals surface area contributed by atoms with E-state index in [0.717, 1.165) is 44.0 Å². The molecular weight excluding hydrogens is 396 g/mol. The van der Waals surface area contributed by atoms with Crippen LogP contribution in [0.2, 0.25) is 0 Å². The first-order valence-electron chi connectivity index (χ1n) is 12.3. The first-order chi connectivity index (χ1) is 15.7. The lowest BCUT2D eigenvalue weighted by molar-refractivity contribution is -0.0844. The molecule has 3 aliphatic rings. The van der Waals surface area contributed by atoms with Gasteiger partial charge in [-0.2, -0.15) is 0 Å². The van der Waals surface area contributed by atoms with Crippen molar-refractivity contribution in [2.75, 3.05) is 26.2 Å². The van der Waals surface area contributed by atoms with E-state index in [0.29, 0.717) is 18.1 Å². The summed E-state index contributed by atoms with van der Waals surface area (Å²) in [6.45, 7) is 5.93. The summed E-state index contributed by atoms with van der Waals surface area (Å²) in [6.07, 6.45) is 6.16. The van der Waals surface area contributed by atoms with E-state index in [9.17, 15) is 0 Å². The maximum absolute atomic E-state index is 6.48. The number of nitrogens with one attached hydrogen (secondary N) is 1. The first-order valence-corrected chi connectivity index (χ1v) is 12.3. The molecule has 5 heteroatoms. The Bertz CT molecular complexity index is 1060. The average Bonchev–Trinajstić information content (AvgIpc) is 3.30. The Morgan fingerprint density at radius 2 is 1.75 bits per heavy atom. The van der Waals surface area contributed by atoms with Crippen molar-refractivity contribution in [2.45, 2.75) is 62.8 Å². The van der Waals surface area contributed by atoms with Crippen LogP contribution in [-0.4, -0.2) is 52.8 Å². The van der Waals surface area contributed by atoms with Crippen molar-refractivity contribution >= 4 is 11.0 Å². The summed E-state index contributed by atoms with van der Waals surface area (Å²) in [5.74, 6) is 1.16. The predicted molar refractivity (Wildman–Crippen MR) is 128 cm³/mol. The van der Waals surface area contributed by atoms with Crippen molar-refractivity contribution in [3.05, 3.63) is 66.0 Å². The molecule has 0 amide bonds. The van der Waals surface area contributed by atoms with Crippen molar-refractivity contribution in [1.29, 1.82) is 0 Å². The van der Waals surface area contributed by atoms with Gasteiger partial charge in [0.25, 0.3) is 0 Å². The molecule has 3 aliphatic heterocycles. The molecule has 3 saturated heterocycles. The van der Waals surface area contributed by atoms with Crippen LogP contribution < -0.4 is 5.32 Å². The lowest BCUT2D eigenvalue weighted by Crippen LogP contribution is -2.51. The molecule has 5 nitrogen and oxygen atoms in total. The molecule has 1 N–H and O–H groups in total. The monoisotopic (exact) mass is 430 g/mol. The van der Waals surface area contributed by atoms with Gasteiger partial charge in [-0.3, -0.25) is 4.90 Å². The van der Waals surface area contributed by atoms with Gasteiger partial charge >= 0.3 is 0 Å². The lowest BCUT2D eigenvalue weighted by Gasteiger charge is -2.43. The smallest absolute Gasteiger partial charge is 0.107 e. The van der Waals surface area contributed by atoms with Crippen LogP contribution >= 0.6 is 0 Å². The third-order valence-corrected chi connectivity index (χ3v) is 8.14. The van der Waals surface area contributed by atoms with Crippen LogP contribution in [0.3, 0.4) is 0 Å². The molecule has 0 saturated carbocycles. The highest BCUT2D eigenvalue weighted by Gasteiger charge is 2.43. The molecule has 3 aromatic rings. The zero-order chi connectivity index (χ0) is 21.5. The third-order valence-electron chi connectivity index (χ3n) is 8.14. The number of imidazole rings is 1. The summed E-state index contributed by atoms with van der Waals surface area (Å²) in [5.41, 5.74) is 3.54. The van der Waals surface area contributed by atoms with Crippen LogP contribution in [-0.2, 0) is 10.3 Å². The number of ether oxygens (including phenoxy) is 1. The molecule has 1 aromatic heterocycles. The van der Waals surface area contributed by atoms with Crippen molar-refractivity contribution in [1.82, 2.24) is 19.8 Å². The number of aryl methyl sites for hydroxylation is 1. The summed E-state index contributed by atoms with van der Waals surface area (Å²) < 4.78 is 9.00. The summed E-state index contributed by atoms with van der Waals surface area (Å²) in [4.78, 5) is 7.66. The number of hydrogen-bond acceptors (Lipinski definition) is 4. The number of para-hydroxylation sites is 2. The summed E-state index contributed by atoms with van der Waals surface area (Å²) in [7, 11) is 0. The Kier molecular flexibility index (Phi) is 5.28.